The number of benzene rings is 3. The Morgan fingerprint density at radius 2 is 1.53 bits per heavy atom. The summed E-state index contributed by atoms with van der Waals surface area (Å²) in [5.41, 5.74) is 1.93. The molecule has 0 heterocycles. The highest BCUT2D eigenvalue weighted by Gasteiger charge is 2.14. The van der Waals surface area contributed by atoms with Crippen molar-refractivity contribution in [3.05, 3.63) is 65.5 Å². The lowest BCUT2D eigenvalue weighted by Crippen LogP contribution is -1.96. The number of phenolic OH excluding ortho intramolecular Hbond substituents is 1. The highest BCUT2D eigenvalue weighted by atomic mass is 32.2. The average molecular weight is 458 g/mol. The fourth-order valence-electron chi connectivity index (χ4n) is 3.02. The van der Waals surface area contributed by atoms with Crippen molar-refractivity contribution in [2.24, 2.45) is 0 Å². The van der Waals surface area contributed by atoms with Crippen LogP contribution in [0.4, 0.5) is 10.1 Å². The van der Waals surface area contributed by atoms with Crippen LogP contribution in [0.3, 0.4) is 0 Å². The Kier molecular flexibility index (Phi) is 7.72. The van der Waals surface area contributed by atoms with Crippen molar-refractivity contribution >= 4 is 29.8 Å². The van der Waals surface area contributed by atoms with Crippen LogP contribution in [0.2, 0.25) is 0 Å². The van der Waals surface area contributed by atoms with Crippen molar-refractivity contribution in [2.45, 2.75) is 4.90 Å². The van der Waals surface area contributed by atoms with Crippen molar-refractivity contribution in [3.8, 4) is 28.7 Å². The first-order valence-electron chi connectivity index (χ1n) is 9.57. The number of methoxy groups -OCH3 is 4. The number of nitrogens with one attached hydrogen (secondary N) is 1. The number of ether oxygens (including phenoxy) is 4. The lowest BCUT2D eigenvalue weighted by atomic mass is 10.1. The number of aromatic hydroxyl groups is 1. The zero-order chi connectivity index (χ0) is 23.1. The third-order valence-corrected chi connectivity index (χ3v) is 5.40. The molecule has 0 aliphatic heterocycles. The quantitative estimate of drug-likeness (QED) is 0.237. The molecule has 3 aromatic rings. The fraction of sp³-hybridized carbons (Fsp3) is 0.167. The first-order valence-corrected chi connectivity index (χ1v) is 10.4. The predicted octanol–water partition coefficient (Wildman–Crippen LogP) is 5.86. The van der Waals surface area contributed by atoms with Gasteiger partial charge in [-0.1, -0.05) is 18.2 Å². The molecular formula is C24H24FNO5S. The van der Waals surface area contributed by atoms with Crippen molar-refractivity contribution in [2.75, 3.05) is 33.2 Å². The van der Waals surface area contributed by atoms with Gasteiger partial charge in [0.1, 0.15) is 5.82 Å². The first kappa shape index (κ1) is 23.1. The van der Waals surface area contributed by atoms with E-state index in [1.54, 1.807) is 39.5 Å². The maximum Gasteiger partial charge on any atom is 0.203 e. The molecule has 6 nitrogen and oxygen atoms in total. The van der Waals surface area contributed by atoms with Gasteiger partial charge in [0.15, 0.2) is 23.0 Å². The van der Waals surface area contributed by atoms with Gasteiger partial charge in [0.25, 0.3) is 0 Å². The van der Waals surface area contributed by atoms with Crippen molar-refractivity contribution < 1.29 is 28.4 Å². The van der Waals surface area contributed by atoms with E-state index in [4.69, 9.17) is 18.9 Å². The Hall–Kier alpha value is -3.52. The van der Waals surface area contributed by atoms with Gasteiger partial charge < -0.3 is 28.8 Å². The third-order valence-electron chi connectivity index (χ3n) is 4.60. The molecule has 0 saturated heterocycles. The zero-order valence-corrected chi connectivity index (χ0v) is 19.0. The van der Waals surface area contributed by atoms with Crippen LogP contribution in [-0.2, 0) is 0 Å². The van der Waals surface area contributed by atoms with Gasteiger partial charge in [-0.25, -0.2) is 4.39 Å². The number of anilines is 1. The van der Waals surface area contributed by atoms with Crippen molar-refractivity contribution in [3.63, 3.8) is 0 Å². The molecule has 0 bridgehead atoms. The van der Waals surface area contributed by atoms with Gasteiger partial charge in [0, 0.05) is 10.5 Å². The monoisotopic (exact) mass is 457 g/mol. The van der Waals surface area contributed by atoms with E-state index in [9.17, 15) is 9.50 Å². The van der Waals surface area contributed by atoms with E-state index in [1.807, 2.05) is 30.4 Å². The second-order valence-electron chi connectivity index (χ2n) is 6.53. The van der Waals surface area contributed by atoms with E-state index >= 15 is 0 Å². The Bertz CT molecular complexity index is 1090. The molecule has 0 aromatic heterocycles. The van der Waals surface area contributed by atoms with Crippen LogP contribution < -0.4 is 23.7 Å². The smallest absolute Gasteiger partial charge is 0.203 e. The minimum atomic E-state index is -0.339. The Balaban J connectivity index is 1.95. The van der Waals surface area contributed by atoms with Crippen LogP contribution in [0.15, 0.2) is 53.4 Å². The van der Waals surface area contributed by atoms with E-state index in [0.717, 1.165) is 5.56 Å². The molecule has 0 fully saturated rings. The van der Waals surface area contributed by atoms with Crippen molar-refractivity contribution in [1.29, 1.82) is 0 Å². The van der Waals surface area contributed by atoms with E-state index in [0.29, 0.717) is 39.1 Å². The second kappa shape index (κ2) is 10.7. The van der Waals surface area contributed by atoms with Crippen molar-refractivity contribution in [1.82, 2.24) is 0 Å². The normalized spacial score (nSPS) is 10.8. The molecule has 32 heavy (non-hydrogen) atoms. The minimum Gasteiger partial charge on any atom is -0.503 e. The number of hydrogen-bond donors (Lipinski definition) is 2. The van der Waals surface area contributed by atoms with Crippen LogP contribution in [0, 0.1) is 5.82 Å². The molecule has 8 heteroatoms. The molecule has 0 spiro atoms. The highest BCUT2D eigenvalue weighted by Crippen LogP contribution is 2.41. The second-order valence-corrected chi connectivity index (χ2v) is 7.41. The van der Waals surface area contributed by atoms with Gasteiger partial charge in [-0.15, -0.1) is 0 Å². The molecule has 2 N–H and O–H groups in total. The van der Waals surface area contributed by atoms with Gasteiger partial charge in [-0.05, 0) is 60.0 Å². The van der Waals surface area contributed by atoms with Crippen LogP contribution in [-0.4, -0.2) is 33.5 Å². The molecule has 0 radical (unpaired) electrons. The molecule has 0 aliphatic carbocycles. The summed E-state index contributed by atoms with van der Waals surface area (Å²) in [7, 11) is 6.13. The van der Waals surface area contributed by atoms with E-state index in [2.05, 4.69) is 4.72 Å². The van der Waals surface area contributed by atoms with Crippen LogP contribution >= 0.6 is 11.9 Å². The fourth-order valence-corrected chi connectivity index (χ4v) is 3.78. The molecule has 0 atom stereocenters. The largest absolute Gasteiger partial charge is 0.503 e. The number of halogens is 1. The first-order chi connectivity index (χ1) is 15.5. The SMILES string of the molecule is COc1ccc(/C=C\c2cc(OC)c(OC)c(OC)c2)c(NSc2cccc(F)c2)c1O. The molecule has 3 aromatic carbocycles. The van der Waals surface area contributed by atoms with Gasteiger partial charge in [-0.3, -0.25) is 0 Å². The zero-order valence-electron chi connectivity index (χ0n) is 18.1. The Morgan fingerprint density at radius 3 is 2.12 bits per heavy atom. The summed E-state index contributed by atoms with van der Waals surface area (Å²) < 4.78 is 38.0. The summed E-state index contributed by atoms with van der Waals surface area (Å²) in [5, 5.41) is 10.7. The van der Waals surface area contributed by atoms with E-state index < -0.39 is 0 Å². The minimum absolute atomic E-state index is 0.0524. The third kappa shape index (κ3) is 5.20. The summed E-state index contributed by atoms with van der Waals surface area (Å²) in [5.74, 6) is 1.49. The average Bonchev–Trinajstić information content (AvgIpc) is 2.81. The van der Waals surface area contributed by atoms with Crippen LogP contribution in [0.5, 0.6) is 28.7 Å². The van der Waals surface area contributed by atoms with E-state index in [-0.39, 0.29) is 11.6 Å². The van der Waals surface area contributed by atoms with Gasteiger partial charge in [0.05, 0.1) is 34.1 Å². The maximum atomic E-state index is 13.5. The van der Waals surface area contributed by atoms with Crippen LogP contribution in [0.25, 0.3) is 12.2 Å². The van der Waals surface area contributed by atoms with Gasteiger partial charge in [0.2, 0.25) is 5.75 Å². The lowest BCUT2D eigenvalue weighted by Gasteiger charge is -2.14. The van der Waals surface area contributed by atoms with Crippen LogP contribution in [0.1, 0.15) is 11.1 Å². The number of phenols is 1. The van der Waals surface area contributed by atoms with Gasteiger partial charge in [-0.2, -0.15) is 0 Å². The number of hydrogen-bond acceptors (Lipinski definition) is 7. The predicted molar refractivity (Wildman–Crippen MR) is 126 cm³/mol. The summed E-state index contributed by atoms with van der Waals surface area (Å²) in [6.07, 6.45) is 3.68. The topological polar surface area (TPSA) is 69.2 Å². The van der Waals surface area contributed by atoms with E-state index in [1.165, 1.54) is 31.2 Å². The Labute approximate surface area is 190 Å². The summed E-state index contributed by atoms with van der Waals surface area (Å²) in [4.78, 5) is 0.659. The molecule has 168 valence electrons. The molecule has 0 unspecified atom stereocenters. The standard InChI is InChI=1S/C24H24FNO5S/c1-28-19-11-10-16(22(23(19)27)26-32-18-7-5-6-17(25)14-18)9-8-15-12-20(29-2)24(31-4)21(13-15)30-3/h5-14,26-27H,1-4H3/b9-8-. The maximum absolute atomic E-state index is 13.5. The lowest BCUT2D eigenvalue weighted by molar-refractivity contribution is 0.324. The van der Waals surface area contributed by atoms with Gasteiger partial charge >= 0.3 is 0 Å². The molecule has 0 aliphatic rings. The summed E-state index contributed by atoms with van der Waals surface area (Å²) >= 11 is 1.18. The summed E-state index contributed by atoms with van der Waals surface area (Å²) in [6.45, 7) is 0. The summed E-state index contributed by atoms with van der Waals surface area (Å²) in [6, 6.07) is 13.3. The molecular weight excluding hydrogens is 433 g/mol. The Morgan fingerprint density at radius 1 is 0.844 bits per heavy atom. The molecule has 3 rings (SSSR count). The number of rotatable bonds is 9. The molecule has 0 saturated carbocycles. The highest BCUT2D eigenvalue weighted by molar-refractivity contribution is 8.00. The molecule has 0 amide bonds.